The first-order valence-electron chi connectivity index (χ1n) is 25.3. The van der Waals surface area contributed by atoms with Gasteiger partial charge in [-0.2, -0.15) is 0 Å². The quantitative estimate of drug-likeness (QED) is 0.0263. The molecule has 0 radical (unpaired) electrons. The molecule has 0 amide bonds. The van der Waals surface area contributed by atoms with Gasteiger partial charge in [-0.1, -0.05) is 231 Å². The van der Waals surface area contributed by atoms with Crippen molar-refractivity contribution in [1.29, 1.82) is 0 Å². The van der Waals surface area contributed by atoms with Gasteiger partial charge in [-0.3, -0.25) is 14.4 Å². The summed E-state index contributed by atoms with van der Waals surface area (Å²) in [4.78, 5) is 37.9. The van der Waals surface area contributed by atoms with Crippen LogP contribution in [0.4, 0.5) is 0 Å². The molecule has 0 bridgehead atoms. The summed E-state index contributed by atoms with van der Waals surface area (Å²) in [6.07, 6.45) is 53.1. The summed E-state index contributed by atoms with van der Waals surface area (Å²) in [5.74, 6) is -0.876. The van der Waals surface area contributed by atoms with Crippen LogP contribution >= 0.6 is 0 Å². The van der Waals surface area contributed by atoms with E-state index in [9.17, 15) is 14.4 Å². The number of hydrogen-bond donors (Lipinski definition) is 0. The Balaban J connectivity index is 4.30. The zero-order valence-corrected chi connectivity index (χ0v) is 38.8. The molecule has 0 saturated heterocycles. The summed E-state index contributed by atoms with van der Waals surface area (Å²) in [5.41, 5.74) is 0. The average molecular weight is 817 g/mol. The van der Waals surface area contributed by atoms with Gasteiger partial charge < -0.3 is 14.2 Å². The van der Waals surface area contributed by atoms with E-state index in [1.807, 2.05) is 0 Å². The third kappa shape index (κ3) is 45.0. The van der Waals surface area contributed by atoms with E-state index in [0.29, 0.717) is 19.3 Å². The Labute approximate surface area is 360 Å². The summed E-state index contributed by atoms with van der Waals surface area (Å²) in [7, 11) is 0. The number of ether oxygens (including phenoxy) is 3. The van der Waals surface area contributed by atoms with Crippen LogP contribution in [0.25, 0.3) is 0 Å². The molecule has 0 saturated carbocycles. The summed E-state index contributed by atoms with van der Waals surface area (Å²) in [5, 5.41) is 0. The fourth-order valence-electron chi connectivity index (χ4n) is 7.42. The Morgan fingerprint density at radius 2 is 0.672 bits per heavy atom. The van der Waals surface area contributed by atoms with E-state index in [0.717, 1.165) is 89.9 Å². The number of rotatable bonds is 46. The fraction of sp³-hybridized carbons (Fsp3) is 0.865. The third-order valence-electron chi connectivity index (χ3n) is 11.2. The monoisotopic (exact) mass is 817 g/mol. The largest absolute Gasteiger partial charge is 0.462 e. The number of allylic oxidation sites excluding steroid dienone is 4. The Morgan fingerprint density at radius 1 is 0.362 bits per heavy atom. The Hall–Kier alpha value is -2.11. The van der Waals surface area contributed by atoms with E-state index in [1.54, 1.807) is 0 Å². The Bertz CT molecular complexity index is 942. The lowest BCUT2D eigenvalue weighted by Gasteiger charge is -2.18. The molecule has 1 atom stereocenters. The summed E-state index contributed by atoms with van der Waals surface area (Å²) in [6.45, 7) is 6.54. The molecule has 6 heteroatoms. The van der Waals surface area contributed by atoms with E-state index in [2.05, 4.69) is 45.1 Å². The molecule has 0 rings (SSSR count). The second kappa shape index (κ2) is 47.6. The van der Waals surface area contributed by atoms with Crippen LogP contribution in [-0.2, 0) is 28.6 Å². The molecule has 0 aliphatic rings. The van der Waals surface area contributed by atoms with E-state index in [4.69, 9.17) is 14.2 Å². The standard InChI is InChI=1S/C52H96O6/c1-4-7-10-13-16-19-22-24-25-26-27-28-31-33-36-39-42-45-51(54)57-48-49(47-56-50(53)44-41-38-35-32-29-21-18-15-12-9-6-3)58-52(55)46-43-40-37-34-30-23-20-17-14-11-8-5-2/h8,11,17,20,49H,4-7,9-10,12-16,18-19,21-48H2,1-3H3/b11-8-,20-17-. The normalized spacial score (nSPS) is 12.1. The molecular weight excluding hydrogens is 721 g/mol. The highest BCUT2D eigenvalue weighted by Gasteiger charge is 2.19. The molecule has 340 valence electrons. The van der Waals surface area contributed by atoms with Crippen molar-refractivity contribution >= 4 is 17.9 Å². The molecule has 0 fully saturated rings. The van der Waals surface area contributed by atoms with Crippen molar-refractivity contribution in [2.75, 3.05) is 13.2 Å². The van der Waals surface area contributed by atoms with Gasteiger partial charge in [0.2, 0.25) is 0 Å². The zero-order valence-electron chi connectivity index (χ0n) is 38.8. The smallest absolute Gasteiger partial charge is 0.306 e. The minimum Gasteiger partial charge on any atom is -0.462 e. The van der Waals surface area contributed by atoms with Crippen molar-refractivity contribution in [1.82, 2.24) is 0 Å². The van der Waals surface area contributed by atoms with Crippen LogP contribution in [0.5, 0.6) is 0 Å². The SMILES string of the molecule is CC/C=C\C/C=C\CCCCCCCC(=O)OC(COC(=O)CCCCCCCCCCCCC)COC(=O)CCCCCCCCCCCCCCCCCCC. The predicted octanol–water partition coefficient (Wildman–Crippen LogP) is 16.4. The highest BCUT2D eigenvalue weighted by atomic mass is 16.6. The Kier molecular flexibility index (Phi) is 45.8. The van der Waals surface area contributed by atoms with Crippen molar-refractivity contribution in [3.63, 3.8) is 0 Å². The first-order chi connectivity index (χ1) is 28.5. The molecule has 0 spiro atoms. The minimum atomic E-state index is -0.771. The maximum absolute atomic E-state index is 12.7. The fourth-order valence-corrected chi connectivity index (χ4v) is 7.42. The topological polar surface area (TPSA) is 78.9 Å². The van der Waals surface area contributed by atoms with Crippen molar-refractivity contribution in [3.05, 3.63) is 24.3 Å². The lowest BCUT2D eigenvalue weighted by Crippen LogP contribution is -2.30. The minimum absolute atomic E-state index is 0.0724. The van der Waals surface area contributed by atoms with Gasteiger partial charge in [-0.15, -0.1) is 0 Å². The first-order valence-corrected chi connectivity index (χ1v) is 25.3. The van der Waals surface area contributed by atoms with Gasteiger partial charge in [-0.25, -0.2) is 0 Å². The van der Waals surface area contributed by atoms with Crippen molar-refractivity contribution in [2.24, 2.45) is 0 Å². The molecular formula is C52H96O6. The van der Waals surface area contributed by atoms with Crippen LogP contribution in [0.3, 0.4) is 0 Å². The molecule has 58 heavy (non-hydrogen) atoms. The highest BCUT2D eigenvalue weighted by molar-refractivity contribution is 5.71. The second-order valence-corrected chi connectivity index (χ2v) is 17.1. The molecule has 0 aromatic rings. The molecule has 0 heterocycles. The van der Waals surface area contributed by atoms with Crippen LogP contribution < -0.4 is 0 Å². The van der Waals surface area contributed by atoms with E-state index >= 15 is 0 Å². The summed E-state index contributed by atoms with van der Waals surface area (Å²) < 4.78 is 16.8. The molecule has 0 aliphatic heterocycles. The summed E-state index contributed by atoms with van der Waals surface area (Å²) >= 11 is 0. The molecule has 6 nitrogen and oxygen atoms in total. The molecule has 0 aromatic carbocycles. The van der Waals surface area contributed by atoms with Crippen molar-refractivity contribution in [3.8, 4) is 0 Å². The third-order valence-corrected chi connectivity index (χ3v) is 11.2. The molecule has 0 N–H and O–H groups in total. The molecule has 1 unspecified atom stereocenters. The van der Waals surface area contributed by atoms with Crippen LogP contribution in [0.15, 0.2) is 24.3 Å². The molecule has 0 aliphatic carbocycles. The van der Waals surface area contributed by atoms with Gasteiger partial charge in [0.15, 0.2) is 6.10 Å². The van der Waals surface area contributed by atoms with Crippen LogP contribution in [0, 0.1) is 0 Å². The Morgan fingerprint density at radius 3 is 1.03 bits per heavy atom. The number of carbonyl (C=O) groups excluding carboxylic acids is 3. The van der Waals surface area contributed by atoms with Crippen LogP contribution in [0.1, 0.15) is 271 Å². The zero-order chi connectivity index (χ0) is 42.3. The van der Waals surface area contributed by atoms with E-state index in [1.165, 1.54) is 141 Å². The van der Waals surface area contributed by atoms with E-state index in [-0.39, 0.29) is 31.1 Å². The predicted molar refractivity (Wildman–Crippen MR) is 247 cm³/mol. The maximum Gasteiger partial charge on any atom is 0.306 e. The van der Waals surface area contributed by atoms with Crippen LogP contribution in [0.2, 0.25) is 0 Å². The van der Waals surface area contributed by atoms with Gasteiger partial charge in [0.25, 0.3) is 0 Å². The lowest BCUT2D eigenvalue weighted by atomic mass is 10.0. The van der Waals surface area contributed by atoms with Gasteiger partial charge in [0.05, 0.1) is 0 Å². The van der Waals surface area contributed by atoms with Gasteiger partial charge in [0, 0.05) is 19.3 Å². The maximum atomic E-state index is 12.7. The number of esters is 3. The van der Waals surface area contributed by atoms with Crippen LogP contribution in [-0.4, -0.2) is 37.2 Å². The van der Waals surface area contributed by atoms with Gasteiger partial charge in [0.1, 0.15) is 13.2 Å². The summed E-state index contributed by atoms with van der Waals surface area (Å²) in [6, 6.07) is 0. The second-order valence-electron chi connectivity index (χ2n) is 17.1. The number of carbonyl (C=O) groups is 3. The van der Waals surface area contributed by atoms with E-state index < -0.39 is 6.10 Å². The van der Waals surface area contributed by atoms with Crippen molar-refractivity contribution in [2.45, 2.75) is 277 Å². The van der Waals surface area contributed by atoms with Gasteiger partial charge >= 0.3 is 17.9 Å². The van der Waals surface area contributed by atoms with Crippen molar-refractivity contribution < 1.29 is 28.6 Å². The lowest BCUT2D eigenvalue weighted by molar-refractivity contribution is -0.167. The number of hydrogen-bond acceptors (Lipinski definition) is 6. The molecule has 0 aromatic heterocycles. The number of unbranched alkanes of at least 4 members (excludes halogenated alkanes) is 31. The first kappa shape index (κ1) is 55.9. The average Bonchev–Trinajstić information content (AvgIpc) is 3.22. The highest BCUT2D eigenvalue weighted by Crippen LogP contribution is 2.16. The van der Waals surface area contributed by atoms with Gasteiger partial charge in [-0.05, 0) is 44.9 Å².